The van der Waals surface area contributed by atoms with Gasteiger partial charge >= 0.3 is 0 Å². The standard InChI is InChI=1S/C26H28FN5OS/c1-16-15-21(17(2)32(16)20-10-11-20)25-24(22-5-3-4-13-28-22)30-26(34)31(25)14-12-23(33)29-19-8-6-18(27)7-9-19/h3-9,13,15,20,24-25H,10-12,14H2,1-2H3,(H,29,33)(H,30,34)/t24-,25+/m1/s1. The normalized spacial score (nSPS) is 19.9. The Morgan fingerprint density at radius 3 is 2.65 bits per heavy atom. The van der Waals surface area contributed by atoms with Crippen LogP contribution in [0.5, 0.6) is 0 Å². The lowest BCUT2D eigenvalue weighted by Crippen LogP contribution is -2.32. The molecule has 1 saturated carbocycles. The van der Waals surface area contributed by atoms with E-state index in [-0.39, 0.29) is 30.2 Å². The monoisotopic (exact) mass is 477 g/mol. The average Bonchev–Trinajstić information content (AvgIpc) is 3.54. The summed E-state index contributed by atoms with van der Waals surface area (Å²) in [4.78, 5) is 19.4. The van der Waals surface area contributed by atoms with Crippen LogP contribution < -0.4 is 10.6 Å². The van der Waals surface area contributed by atoms with Gasteiger partial charge in [-0.25, -0.2) is 4.39 Å². The molecule has 0 bridgehead atoms. The van der Waals surface area contributed by atoms with Crippen LogP contribution in [0.15, 0.2) is 54.7 Å². The number of nitrogens with one attached hydrogen (secondary N) is 2. The van der Waals surface area contributed by atoms with Gasteiger partial charge in [0.2, 0.25) is 5.91 Å². The number of hydrogen-bond donors (Lipinski definition) is 2. The van der Waals surface area contributed by atoms with Crippen molar-refractivity contribution in [2.75, 3.05) is 11.9 Å². The summed E-state index contributed by atoms with van der Waals surface area (Å²) < 4.78 is 15.6. The highest BCUT2D eigenvalue weighted by Gasteiger charge is 2.42. The van der Waals surface area contributed by atoms with Crippen molar-refractivity contribution in [3.63, 3.8) is 0 Å². The molecule has 1 saturated heterocycles. The van der Waals surface area contributed by atoms with Crippen molar-refractivity contribution in [3.05, 3.63) is 83.2 Å². The van der Waals surface area contributed by atoms with Crippen molar-refractivity contribution < 1.29 is 9.18 Å². The number of anilines is 1. The summed E-state index contributed by atoms with van der Waals surface area (Å²) in [5.41, 5.74) is 5.21. The van der Waals surface area contributed by atoms with Gasteiger partial charge in [0.05, 0.1) is 17.8 Å². The van der Waals surface area contributed by atoms with E-state index in [0.29, 0.717) is 23.4 Å². The maximum absolute atomic E-state index is 13.2. The van der Waals surface area contributed by atoms with Crippen LogP contribution >= 0.6 is 12.2 Å². The molecular formula is C26H28FN5OS. The Labute approximate surface area is 204 Å². The average molecular weight is 478 g/mol. The van der Waals surface area contributed by atoms with Crippen molar-refractivity contribution in [2.45, 2.75) is 51.2 Å². The molecule has 1 aliphatic carbocycles. The van der Waals surface area contributed by atoms with Crippen LogP contribution in [0, 0.1) is 19.7 Å². The zero-order valence-corrected chi connectivity index (χ0v) is 20.1. The number of carbonyl (C=O) groups is 1. The Kier molecular flexibility index (Phi) is 6.08. The number of nitrogens with zero attached hydrogens (tertiary/aromatic N) is 3. The largest absolute Gasteiger partial charge is 0.352 e. The second-order valence-corrected chi connectivity index (χ2v) is 9.44. The minimum Gasteiger partial charge on any atom is -0.352 e. The Balaban J connectivity index is 1.40. The summed E-state index contributed by atoms with van der Waals surface area (Å²) in [6, 6.07) is 14.3. The van der Waals surface area contributed by atoms with E-state index in [1.807, 2.05) is 18.2 Å². The molecule has 176 valence electrons. The van der Waals surface area contributed by atoms with Crippen molar-refractivity contribution in [1.82, 2.24) is 19.8 Å². The van der Waals surface area contributed by atoms with E-state index in [4.69, 9.17) is 12.2 Å². The lowest BCUT2D eigenvalue weighted by Gasteiger charge is -2.28. The molecule has 34 heavy (non-hydrogen) atoms. The lowest BCUT2D eigenvalue weighted by atomic mass is 9.96. The lowest BCUT2D eigenvalue weighted by molar-refractivity contribution is -0.116. The Bertz CT molecular complexity index is 1210. The smallest absolute Gasteiger partial charge is 0.226 e. The van der Waals surface area contributed by atoms with Gasteiger partial charge in [-0.15, -0.1) is 0 Å². The first kappa shape index (κ1) is 22.5. The molecule has 2 fully saturated rings. The van der Waals surface area contributed by atoms with Crippen molar-refractivity contribution >= 4 is 28.9 Å². The highest BCUT2D eigenvalue weighted by Crippen LogP contribution is 2.44. The minimum absolute atomic E-state index is 0.0697. The number of pyridine rings is 1. The fourth-order valence-corrected chi connectivity index (χ4v) is 5.29. The fraction of sp³-hybridized carbons (Fsp3) is 0.346. The van der Waals surface area contributed by atoms with Crippen LogP contribution in [0.4, 0.5) is 10.1 Å². The van der Waals surface area contributed by atoms with Crippen molar-refractivity contribution in [1.29, 1.82) is 0 Å². The first-order valence-electron chi connectivity index (χ1n) is 11.6. The van der Waals surface area contributed by atoms with E-state index in [1.54, 1.807) is 18.3 Å². The van der Waals surface area contributed by atoms with Crippen molar-refractivity contribution in [3.8, 4) is 0 Å². The van der Waals surface area contributed by atoms with E-state index in [0.717, 1.165) is 5.69 Å². The summed E-state index contributed by atoms with van der Waals surface area (Å²) >= 11 is 5.74. The van der Waals surface area contributed by atoms with E-state index in [1.165, 1.54) is 41.9 Å². The van der Waals surface area contributed by atoms with Crippen LogP contribution in [-0.2, 0) is 4.79 Å². The van der Waals surface area contributed by atoms with Crippen LogP contribution in [0.3, 0.4) is 0 Å². The second-order valence-electron chi connectivity index (χ2n) is 9.05. The summed E-state index contributed by atoms with van der Waals surface area (Å²) in [6.45, 7) is 4.79. The number of rotatable bonds is 7. The number of aromatic nitrogens is 2. The molecule has 1 aliphatic heterocycles. The molecule has 3 aromatic rings. The van der Waals surface area contributed by atoms with Crippen LogP contribution in [0.2, 0.25) is 0 Å². The highest BCUT2D eigenvalue weighted by atomic mass is 32.1. The van der Waals surface area contributed by atoms with E-state index < -0.39 is 0 Å². The van der Waals surface area contributed by atoms with Crippen LogP contribution in [0.1, 0.15) is 60.0 Å². The zero-order valence-electron chi connectivity index (χ0n) is 19.3. The first-order chi connectivity index (χ1) is 16.4. The fourth-order valence-electron chi connectivity index (χ4n) is 4.96. The van der Waals surface area contributed by atoms with Gasteiger partial charge in [0.1, 0.15) is 5.82 Å². The van der Waals surface area contributed by atoms with Gasteiger partial charge in [0, 0.05) is 42.3 Å². The van der Waals surface area contributed by atoms with Gasteiger partial charge in [0.25, 0.3) is 0 Å². The van der Waals surface area contributed by atoms with Crippen LogP contribution in [0.25, 0.3) is 0 Å². The second kappa shape index (κ2) is 9.18. The van der Waals surface area contributed by atoms with E-state index in [9.17, 15) is 9.18 Å². The van der Waals surface area contributed by atoms with Crippen molar-refractivity contribution in [2.24, 2.45) is 0 Å². The molecule has 2 aromatic heterocycles. The number of hydrogen-bond acceptors (Lipinski definition) is 3. The number of benzene rings is 1. The maximum Gasteiger partial charge on any atom is 0.226 e. The molecule has 0 spiro atoms. The van der Waals surface area contributed by atoms with Gasteiger partial charge in [-0.1, -0.05) is 6.07 Å². The molecule has 5 rings (SSSR count). The van der Waals surface area contributed by atoms with Crippen LogP contribution in [-0.4, -0.2) is 32.0 Å². The number of thiocarbonyl (C=S) groups is 1. The molecule has 2 atom stereocenters. The summed E-state index contributed by atoms with van der Waals surface area (Å²) in [5.74, 6) is -0.475. The molecule has 8 heteroatoms. The van der Waals surface area contributed by atoms with E-state index >= 15 is 0 Å². The first-order valence-corrected chi connectivity index (χ1v) is 12.0. The molecule has 6 nitrogen and oxygen atoms in total. The summed E-state index contributed by atoms with van der Waals surface area (Å²) in [6.07, 6.45) is 4.48. The predicted octanol–water partition coefficient (Wildman–Crippen LogP) is 4.98. The maximum atomic E-state index is 13.2. The molecule has 0 unspecified atom stereocenters. The van der Waals surface area contributed by atoms with Gasteiger partial charge in [-0.3, -0.25) is 9.78 Å². The molecular weight excluding hydrogens is 449 g/mol. The van der Waals surface area contributed by atoms with Gasteiger partial charge in [0.15, 0.2) is 5.11 Å². The molecule has 1 aromatic carbocycles. The molecule has 2 N–H and O–H groups in total. The Morgan fingerprint density at radius 1 is 1.21 bits per heavy atom. The molecule has 1 amide bonds. The SMILES string of the molecule is Cc1cc([C@H]2[C@@H](c3ccccn3)NC(=S)N2CCC(=O)Nc2ccc(F)cc2)c(C)n1C1CC1. The third-order valence-electron chi connectivity index (χ3n) is 6.66. The molecule has 3 heterocycles. The summed E-state index contributed by atoms with van der Waals surface area (Å²) in [5, 5.41) is 6.92. The number of carbonyl (C=O) groups excluding carboxylic acids is 1. The number of halogens is 1. The highest BCUT2D eigenvalue weighted by molar-refractivity contribution is 7.80. The van der Waals surface area contributed by atoms with Gasteiger partial charge < -0.3 is 20.1 Å². The van der Waals surface area contributed by atoms with Gasteiger partial charge in [-0.2, -0.15) is 0 Å². The minimum atomic E-state index is -0.335. The third-order valence-corrected chi connectivity index (χ3v) is 7.01. The van der Waals surface area contributed by atoms with E-state index in [2.05, 4.69) is 45.0 Å². The quantitative estimate of drug-likeness (QED) is 0.470. The Morgan fingerprint density at radius 2 is 1.97 bits per heavy atom. The zero-order chi connectivity index (χ0) is 23.8. The number of aryl methyl sites for hydroxylation is 1. The number of amides is 1. The third kappa shape index (κ3) is 4.42. The topological polar surface area (TPSA) is 62.2 Å². The molecule has 0 radical (unpaired) electrons. The predicted molar refractivity (Wildman–Crippen MR) is 134 cm³/mol. The molecule has 2 aliphatic rings. The Hall–Kier alpha value is -3.26. The van der Waals surface area contributed by atoms with Gasteiger partial charge in [-0.05, 0) is 86.9 Å². The summed E-state index contributed by atoms with van der Waals surface area (Å²) in [7, 11) is 0.